The van der Waals surface area contributed by atoms with Crippen LogP contribution in [0.15, 0.2) is 57.2 Å². The normalized spacial score (nSPS) is 12.3. The number of aromatic amines is 1. The van der Waals surface area contributed by atoms with Crippen LogP contribution in [0.3, 0.4) is 0 Å². The number of hydrogen-bond acceptors (Lipinski definition) is 8. The lowest BCUT2D eigenvalue weighted by atomic mass is 10.1. The predicted molar refractivity (Wildman–Crippen MR) is 123 cm³/mol. The summed E-state index contributed by atoms with van der Waals surface area (Å²) in [5.41, 5.74) is 2.51. The first-order valence-corrected chi connectivity index (χ1v) is 11.9. The maximum absolute atomic E-state index is 14.0. The van der Waals surface area contributed by atoms with Crippen molar-refractivity contribution < 1.29 is 45.1 Å². The molecule has 16 heteroatoms. The van der Waals surface area contributed by atoms with Crippen LogP contribution in [0.1, 0.15) is 20.9 Å². The zero-order valence-electron chi connectivity index (χ0n) is 18.3. The van der Waals surface area contributed by atoms with Crippen molar-refractivity contribution in [1.29, 1.82) is 0 Å². The van der Waals surface area contributed by atoms with E-state index in [0.717, 1.165) is 35.0 Å². The van der Waals surface area contributed by atoms with Gasteiger partial charge in [-0.1, -0.05) is 6.07 Å². The first-order valence-electron chi connectivity index (χ1n) is 10.2. The molecule has 0 aliphatic heterocycles. The number of carbonyl (C=O) groups excluding carboxylic acids is 1. The number of alkyl halides is 6. The number of anilines is 1. The largest absolute Gasteiger partial charge is 0.573 e. The Morgan fingerprint density at radius 2 is 1.82 bits per heavy atom. The van der Waals surface area contributed by atoms with Crippen molar-refractivity contribution in [2.45, 2.75) is 12.5 Å². The zero-order chi connectivity index (χ0) is 27.4. The molecule has 0 unspecified atom stereocenters. The summed E-state index contributed by atoms with van der Waals surface area (Å²) in [7, 11) is 0. The number of fused-ring (bicyclic) bond motifs is 1. The number of hydrogen-bond donors (Lipinski definition) is 2. The average Bonchev–Trinajstić information content (AvgIpc) is 3.57. The fourth-order valence-corrected chi connectivity index (χ4v) is 5.36. The summed E-state index contributed by atoms with van der Waals surface area (Å²) in [5, 5.41) is 3.31. The first kappa shape index (κ1) is 25.5. The molecule has 8 nitrogen and oxygen atoms in total. The van der Waals surface area contributed by atoms with Crippen LogP contribution in [0.4, 0.5) is 32.0 Å². The van der Waals surface area contributed by atoms with Gasteiger partial charge in [0.05, 0.1) is 21.8 Å². The molecule has 0 atom stereocenters. The minimum atomic E-state index is -4.94. The van der Waals surface area contributed by atoms with Crippen molar-refractivity contribution in [3.05, 3.63) is 74.4 Å². The molecular formula is C22H11F6N4O4S2+. The minimum absolute atomic E-state index is 0.0116. The Morgan fingerprint density at radius 1 is 1.11 bits per heavy atom. The fraction of sp³-hybridized carbons (Fsp3) is 0.0909. The van der Waals surface area contributed by atoms with Crippen LogP contribution in [-0.4, -0.2) is 22.4 Å². The maximum atomic E-state index is 14.0. The number of benzene rings is 1. The lowest BCUT2D eigenvalue weighted by molar-refractivity contribution is -0.672. The predicted octanol–water partition coefficient (Wildman–Crippen LogP) is 5.31. The number of ether oxygens (including phenoxy) is 1. The number of nitrogens with one attached hydrogen (secondary N) is 1. The number of thiophene rings is 2. The van der Waals surface area contributed by atoms with E-state index in [9.17, 15) is 35.9 Å². The monoisotopic (exact) mass is 573 g/mol. The molecule has 4 heterocycles. The third kappa shape index (κ3) is 4.63. The van der Waals surface area contributed by atoms with Crippen molar-refractivity contribution in [1.82, 2.24) is 10.3 Å². The molecular weight excluding hydrogens is 562 g/mol. The smallest absolute Gasteiger partial charge is 0.406 e. The van der Waals surface area contributed by atoms with E-state index in [1.807, 2.05) is 0 Å². The molecule has 0 amide bonds. The van der Waals surface area contributed by atoms with Gasteiger partial charge in [-0.2, -0.15) is 13.2 Å². The second-order valence-corrected chi connectivity index (χ2v) is 9.54. The van der Waals surface area contributed by atoms with Gasteiger partial charge in [-0.3, -0.25) is 9.32 Å². The van der Waals surface area contributed by atoms with Crippen molar-refractivity contribution in [3.63, 3.8) is 0 Å². The van der Waals surface area contributed by atoms with Gasteiger partial charge in [-0.15, -0.1) is 35.8 Å². The second kappa shape index (κ2) is 8.98. The Bertz CT molecular complexity index is 1720. The Kier molecular flexibility index (Phi) is 6.02. The quantitative estimate of drug-likeness (QED) is 0.167. The van der Waals surface area contributed by atoms with Gasteiger partial charge in [0.2, 0.25) is 5.69 Å². The molecule has 0 bridgehead atoms. The number of pyridine rings is 1. The standard InChI is InChI=1S/C22H10F6N4O4S2/c23-21(24,25)11-8-12(13-2-1-7-37-13)30-19-14(11)15(29)18(38-19)17(33)16-20(34)36-31-32(16)9-3-5-10(6-4-9)35-22(26,27)28/h1-8H,(H2-,29,31,33,34)/p+1. The van der Waals surface area contributed by atoms with Crippen LogP contribution < -0.4 is 20.8 Å². The maximum Gasteiger partial charge on any atom is 0.573 e. The molecule has 0 aliphatic carbocycles. The molecule has 0 fully saturated rings. The lowest BCUT2D eigenvalue weighted by Crippen LogP contribution is -2.41. The minimum Gasteiger partial charge on any atom is -0.406 e. The SMILES string of the molecule is Nc1c(C(=O)c2c(=O)o[nH][n+]2-c2ccc(OC(F)(F)F)cc2)sc2nc(-c3cccs3)cc(C(F)(F)F)c12. The van der Waals surface area contributed by atoms with E-state index in [1.54, 1.807) is 17.5 Å². The summed E-state index contributed by atoms with van der Waals surface area (Å²) in [6.45, 7) is 0. The topological polar surface area (TPSA) is 115 Å². The zero-order valence-corrected chi connectivity index (χ0v) is 19.9. The number of ketones is 1. The number of aromatic nitrogens is 3. The van der Waals surface area contributed by atoms with Crippen LogP contribution >= 0.6 is 22.7 Å². The summed E-state index contributed by atoms with van der Waals surface area (Å²) in [5.74, 6) is -1.65. The molecule has 3 N–H and O–H groups in total. The van der Waals surface area contributed by atoms with Crippen LogP contribution in [0.25, 0.3) is 26.5 Å². The van der Waals surface area contributed by atoms with E-state index >= 15 is 0 Å². The van der Waals surface area contributed by atoms with Gasteiger partial charge in [-0.25, -0.2) is 9.78 Å². The molecule has 38 heavy (non-hydrogen) atoms. The van der Waals surface area contributed by atoms with E-state index in [2.05, 4.69) is 19.5 Å². The van der Waals surface area contributed by atoms with Crippen LogP contribution in [0, 0.1) is 0 Å². The lowest BCUT2D eigenvalue weighted by Gasteiger charge is -2.10. The van der Waals surface area contributed by atoms with E-state index in [1.165, 1.54) is 11.3 Å². The fourth-order valence-electron chi connectivity index (χ4n) is 3.62. The van der Waals surface area contributed by atoms with Gasteiger partial charge in [-0.05, 0) is 39.6 Å². The third-order valence-corrected chi connectivity index (χ3v) is 7.16. The molecule has 196 valence electrons. The number of nitrogens with zero attached hydrogens (tertiary/aromatic N) is 2. The van der Waals surface area contributed by atoms with Crippen LogP contribution in [0.2, 0.25) is 0 Å². The molecule has 0 radical (unpaired) electrons. The number of nitrogens with two attached hydrogens (primary N) is 1. The highest BCUT2D eigenvalue weighted by atomic mass is 32.1. The number of nitrogen functional groups attached to an aromatic ring is 1. The summed E-state index contributed by atoms with van der Waals surface area (Å²) < 4.78 is 88.5. The van der Waals surface area contributed by atoms with Gasteiger partial charge in [0.25, 0.3) is 5.78 Å². The molecule has 0 aliphatic rings. The molecule has 5 rings (SSSR count). The van der Waals surface area contributed by atoms with E-state index in [4.69, 9.17) is 5.73 Å². The molecule has 5 aromatic rings. The Balaban J connectivity index is 1.62. The Hall–Kier alpha value is -4.18. The van der Waals surface area contributed by atoms with Crippen molar-refractivity contribution >= 4 is 44.4 Å². The van der Waals surface area contributed by atoms with Crippen LogP contribution in [0.5, 0.6) is 5.75 Å². The number of carbonyl (C=O) groups is 1. The first-order chi connectivity index (χ1) is 17.8. The highest BCUT2D eigenvalue weighted by Gasteiger charge is 2.39. The third-order valence-electron chi connectivity index (χ3n) is 5.17. The molecule has 0 spiro atoms. The van der Waals surface area contributed by atoms with E-state index < -0.39 is 56.9 Å². The number of H-pyrrole nitrogens is 1. The molecule has 1 aromatic carbocycles. The van der Waals surface area contributed by atoms with Crippen molar-refractivity contribution in [3.8, 4) is 22.0 Å². The summed E-state index contributed by atoms with van der Waals surface area (Å²) in [6, 6.07) is 8.09. The summed E-state index contributed by atoms with van der Waals surface area (Å²) in [6.07, 6.45) is -9.78. The van der Waals surface area contributed by atoms with Crippen molar-refractivity contribution in [2.75, 3.05) is 5.73 Å². The summed E-state index contributed by atoms with van der Waals surface area (Å²) >= 11 is 1.73. The van der Waals surface area contributed by atoms with Crippen molar-refractivity contribution in [2.24, 2.45) is 0 Å². The van der Waals surface area contributed by atoms with Gasteiger partial charge in [0, 0.05) is 17.5 Å². The summed E-state index contributed by atoms with van der Waals surface area (Å²) in [4.78, 5) is 29.9. The average molecular weight is 573 g/mol. The highest BCUT2D eigenvalue weighted by molar-refractivity contribution is 7.21. The van der Waals surface area contributed by atoms with Crippen LogP contribution in [-0.2, 0) is 6.18 Å². The highest BCUT2D eigenvalue weighted by Crippen LogP contribution is 2.44. The molecule has 0 saturated carbocycles. The Morgan fingerprint density at radius 3 is 2.42 bits per heavy atom. The Labute approximate surface area is 214 Å². The van der Waals surface area contributed by atoms with Gasteiger partial charge in [0.1, 0.15) is 15.5 Å². The van der Waals surface area contributed by atoms with Gasteiger partial charge in [0.15, 0.2) is 0 Å². The number of halogens is 6. The molecule has 0 saturated heterocycles. The van der Waals surface area contributed by atoms with E-state index in [-0.39, 0.29) is 16.2 Å². The van der Waals surface area contributed by atoms with Gasteiger partial charge < -0.3 is 10.5 Å². The molecule has 4 aromatic heterocycles. The van der Waals surface area contributed by atoms with Gasteiger partial charge >= 0.3 is 23.9 Å². The van der Waals surface area contributed by atoms with E-state index in [0.29, 0.717) is 16.2 Å². The number of rotatable bonds is 5. The second-order valence-electron chi connectivity index (χ2n) is 7.59.